The number of amides is 2. The van der Waals surface area contributed by atoms with E-state index in [1.807, 2.05) is 48.5 Å². The number of rotatable bonds is 3. The fourth-order valence-corrected chi connectivity index (χ4v) is 2.45. The number of piperazine rings is 1. The Labute approximate surface area is 135 Å². The van der Waals surface area contributed by atoms with Gasteiger partial charge in [0.15, 0.2) is 0 Å². The Morgan fingerprint density at radius 2 is 1.78 bits per heavy atom. The summed E-state index contributed by atoms with van der Waals surface area (Å²) >= 11 is 0. The van der Waals surface area contributed by atoms with Crippen LogP contribution in [0.3, 0.4) is 0 Å². The van der Waals surface area contributed by atoms with Crippen molar-refractivity contribution < 1.29 is 4.79 Å². The van der Waals surface area contributed by atoms with Crippen LogP contribution in [0.5, 0.6) is 0 Å². The third-order valence-corrected chi connectivity index (χ3v) is 3.71. The number of nitrogens with one attached hydrogen (secondary N) is 1. The predicted octanol–water partition coefficient (Wildman–Crippen LogP) is 1.95. The summed E-state index contributed by atoms with van der Waals surface area (Å²) in [6, 6.07) is 15.4. The highest BCUT2D eigenvalue weighted by Crippen LogP contribution is 2.12. The summed E-state index contributed by atoms with van der Waals surface area (Å²) < 4.78 is 0. The van der Waals surface area contributed by atoms with Gasteiger partial charge < -0.3 is 9.80 Å². The maximum atomic E-state index is 12.1. The smallest absolute Gasteiger partial charge is 0.337 e. The maximum absolute atomic E-state index is 12.1. The molecule has 118 valence electrons. The molecule has 1 N–H and O–H groups in total. The second-order valence-corrected chi connectivity index (χ2v) is 5.25. The highest BCUT2D eigenvalue weighted by atomic mass is 16.2. The maximum Gasteiger partial charge on any atom is 0.337 e. The van der Waals surface area contributed by atoms with Crippen LogP contribution in [0, 0.1) is 0 Å². The lowest BCUT2D eigenvalue weighted by Gasteiger charge is -2.34. The van der Waals surface area contributed by atoms with Gasteiger partial charge in [-0.25, -0.2) is 15.2 Å². The third kappa shape index (κ3) is 4.06. The Kier molecular flexibility index (Phi) is 4.83. The Morgan fingerprint density at radius 1 is 1.04 bits per heavy atom. The van der Waals surface area contributed by atoms with E-state index in [1.54, 1.807) is 17.3 Å². The highest BCUT2D eigenvalue weighted by Gasteiger charge is 2.21. The van der Waals surface area contributed by atoms with Gasteiger partial charge in [-0.2, -0.15) is 5.10 Å². The van der Waals surface area contributed by atoms with Crippen molar-refractivity contribution in [1.82, 2.24) is 15.3 Å². The molecule has 1 saturated heterocycles. The van der Waals surface area contributed by atoms with E-state index in [4.69, 9.17) is 0 Å². The van der Waals surface area contributed by atoms with E-state index in [0.29, 0.717) is 13.1 Å². The van der Waals surface area contributed by atoms with Crippen molar-refractivity contribution in [3.05, 3.63) is 60.3 Å². The average Bonchev–Trinajstić information content (AvgIpc) is 2.63. The number of anilines is 1. The molecule has 0 atom stereocenters. The van der Waals surface area contributed by atoms with E-state index >= 15 is 0 Å². The van der Waals surface area contributed by atoms with Crippen LogP contribution in [-0.4, -0.2) is 48.3 Å². The first-order chi connectivity index (χ1) is 11.3. The van der Waals surface area contributed by atoms with Crippen LogP contribution in [0.25, 0.3) is 0 Å². The zero-order chi connectivity index (χ0) is 15.9. The van der Waals surface area contributed by atoms with Crippen molar-refractivity contribution in [2.45, 2.75) is 0 Å². The Morgan fingerprint density at radius 3 is 2.48 bits per heavy atom. The minimum atomic E-state index is -0.169. The summed E-state index contributed by atoms with van der Waals surface area (Å²) in [5.74, 6) is 0.953. The van der Waals surface area contributed by atoms with Gasteiger partial charge in [-0.15, -0.1) is 0 Å². The number of nitrogens with zero attached hydrogens (tertiary/aromatic N) is 4. The number of hydrazone groups is 1. The second-order valence-electron chi connectivity index (χ2n) is 5.25. The minimum Gasteiger partial charge on any atom is -0.353 e. The predicted molar refractivity (Wildman–Crippen MR) is 90.6 cm³/mol. The van der Waals surface area contributed by atoms with Gasteiger partial charge in [0.2, 0.25) is 0 Å². The van der Waals surface area contributed by atoms with Crippen LogP contribution in [0.15, 0.2) is 59.8 Å². The Hall–Kier alpha value is -2.89. The first-order valence-electron chi connectivity index (χ1n) is 7.62. The van der Waals surface area contributed by atoms with Crippen molar-refractivity contribution in [1.29, 1.82) is 0 Å². The summed E-state index contributed by atoms with van der Waals surface area (Å²) in [7, 11) is 0. The monoisotopic (exact) mass is 309 g/mol. The molecule has 0 unspecified atom stereocenters. The van der Waals surface area contributed by atoms with Crippen molar-refractivity contribution in [3.8, 4) is 0 Å². The first kappa shape index (κ1) is 15.0. The van der Waals surface area contributed by atoms with Crippen molar-refractivity contribution in [2.75, 3.05) is 31.1 Å². The number of carbonyl (C=O) groups is 1. The number of hydrogen-bond acceptors (Lipinski definition) is 4. The largest absolute Gasteiger partial charge is 0.353 e. The molecule has 3 rings (SSSR count). The number of pyridine rings is 1. The molecule has 0 bridgehead atoms. The summed E-state index contributed by atoms with van der Waals surface area (Å²) in [6.07, 6.45) is 3.43. The summed E-state index contributed by atoms with van der Waals surface area (Å²) in [6.45, 7) is 2.85. The molecule has 23 heavy (non-hydrogen) atoms. The molecular formula is C17H19N5O. The molecule has 6 nitrogen and oxygen atoms in total. The Balaban J connectivity index is 1.48. The Bertz CT molecular complexity index is 651. The molecule has 2 amide bonds. The van der Waals surface area contributed by atoms with Crippen molar-refractivity contribution in [2.24, 2.45) is 5.10 Å². The summed E-state index contributed by atoms with van der Waals surface area (Å²) in [4.78, 5) is 20.4. The zero-order valence-corrected chi connectivity index (χ0v) is 12.8. The second kappa shape index (κ2) is 7.40. The molecule has 2 aromatic rings. The van der Waals surface area contributed by atoms with Crippen LogP contribution in [0.2, 0.25) is 0 Å². The first-order valence-corrected chi connectivity index (χ1v) is 7.62. The van der Waals surface area contributed by atoms with E-state index in [-0.39, 0.29) is 6.03 Å². The third-order valence-electron chi connectivity index (χ3n) is 3.71. The number of aromatic nitrogens is 1. The standard InChI is InChI=1S/C17H19N5O/c23-17(20-19-14-15-6-2-1-3-7-15)22-12-10-21(11-13-22)16-8-4-5-9-18-16/h1-9,14H,10-13H2,(H,20,23)/b19-14+. The summed E-state index contributed by atoms with van der Waals surface area (Å²) in [5, 5.41) is 4.00. The van der Waals surface area contributed by atoms with Gasteiger partial charge in [0.1, 0.15) is 5.82 Å². The van der Waals surface area contributed by atoms with Crippen LogP contribution in [0.1, 0.15) is 5.56 Å². The number of benzene rings is 1. The molecule has 0 spiro atoms. The molecule has 6 heteroatoms. The molecule has 0 saturated carbocycles. The average molecular weight is 309 g/mol. The van der Waals surface area contributed by atoms with Crippen molar-refractivity contribution >= 4 is 18.1 Å². The van der Waals surface area contributed by atoms with E-state index in [9.17, 15) is 4.79 Å². The highest BCUT2D eigenvalue weighted by molar-refractivity contribution is 5.81. The molecule has 1 aromatic heterocycles. The molecule has 2 heterocycles. The number of urea groups is 1. The molecule has 1 fully saturated rings. The SMILES string of the molecule is O=C(N/N=C/c1ccccc1)N1CCN(c2ccccn2)CC1. The lowest BCUT2D eigenvalue weighted by Crippen LogP contribution is -2.51. The lowest BCUT2D eigenvalue weighted by atomic mass is 10.2. The number of hydrogen-bond donors (Lipinski definition) is 1. The van der Waals surface area contributed by atoms with Gasteiger partial charge >= 0.3 is 6.03 Å². The van der Waals surface area contributed by atoms with E-state index in [1.165, 1.54) is 0 Å². The molecule has 0 radical (unpaired) electrons. The van der Waals surface area contributed by atoms with Crippen LogP contribution >= 0.6 is 0 Å². The molecular weight excluding hydrogens is 290 g/mol. The topological polar surface area (TPSA) is 60.8 Å². The van der Waals surface area contributed by atoms with Crippen LogP contribution in [-0.2, 0) is 0 Å². The zero-order valence-electron chi connectivity index (χ0n) is 12.8. The normalized spacial score (nSPS) is 15.0. The fourth-order valence-electron chi connectivity index (χ4n) is 2.45. The van der Waals surface area contributed by atoms with E-state index in [0.717, 1.165) is 24.5 Å². The minimum absolute atomic E-state index is 0.169. The van der Waals surface area contributed by atoms with Crippen molar-refractivity contribution in [3.63, 3.8) is 0 Å². The van der Waals surface area contributed by atoms with Gasteiger partial charge in [-0.1, -0.05) is 36.4 Å². The summed E-state index contributed by atoms with van der Waals surface area (Å²) in [5.41, 5.74) is 3.53. The number of carbonyl (C=O) groups excluding carboxylic acids is 1. The molecule has 0 aliphatic carbocycles. The van der Waals surface area contributed by atoms with Crippen LogP contribution < -0.4 is 10.3 Å². The van der Waals surface area contributed by atoms with Gasteiger partial charge in [0.25, 0.3) is 0 Å². The molecule has 1 aliphatic heterocycles. The van der Waals surface area contributed by atoms with Gasteiger partial charge in [0, 0.05) is 32.4 Å². The quantitative estimate of drug-likeness (QED) is 0.696. The van der Waals surface area contributed by atoms with E-state index in [2.05, 4.69) is 20.4 Å². The van der Waals surface area contributed by atoms with Crippen LogP contribution in [0.4, 0.5) is 10.6 Å². The lowest BCUT2D eigenvalue weighted by molar-refractivity contribution is 0.195. The molecule has 1 aliphatic rings. The van der Waals surface area contributed by atoms with Gasteiger partial charge in [-0.3, -0.25) is 0 Å². The van der Waals surface area contributed by atoms with Gasteiger partial charge in [0.05, 0.1) is 6.21 Å². The molecule has 1 aromatic carbocycles. The van der Waals surface area contributed by atoms with Gasteiger partial charge in [-0.05, 0) is 17.7 Å². The fraction of sp³-hybridized carbons (Fsp3) is 0.235. The van der Waals surface area contributed by atoms with E-state index < -0.39 is 0 Å².